The highest BCUT2D eigenvalue weighted by atomic mass is 32.2. The third-order valence-corrected chi connectivity index (χ3v) is 6.81. The van der Waals surface area contributed by atoms with Crippen molar-refractivity contribution in [2.45, 2.75) is 37.6 Å². The minimum absolute atomic E-state index is 0.0120. The van der Waals surface area contributed by atoms with Gasteiger partial charge in [-0.1, -0.05) is 91.8 Å². The van der Waals surface area contributed by atoms with E-state index >= 15 is 0 Å². The average molecular weight is 524 g/mol. The van der Waals surface area contributed by atoms with Crippen LogP contribution in [0.3, 0.4) is 0 Å². The van der Waals surface area contributed by atoms with Crippen LogP contribution < -0.4 is 5.32 Å². The van der Waals surface area contributed by atoms with E-state index in [1.807, 2.05) is 48.5 Å². The molecule has 1 heterocycles. The van der Waals surface area contributed by atoms with Crippen LogP contribution in [0.2, 0.25) is 0 Å². The van der Waals surface area contributed by atoms with Gasteiger partial charge in [0.15, 0.2) is 5.16 Å². The molecule has 0 atom stereocenters. The maximum Gasteiger partial charge on any atom is 0.416 e. The Hall–Kier alpha value is -3.52. The molecule has 4 rings (SSSR count). The number of carbonyl (C=O) groups is 1. The Morgan fingerprint density at radius 3 is 2.27 bits per heavy atom. The standard InChI is InChI=1S/C29H28F3N3OS/c1-2-3-18-35-26(22-13-8-5-9-14-22)25(21-11-6-4-7-12-21)34-28(35)37-19-17-33-27(36)23-15-10-16-24(20-23)29(30,31)32/h4-16,20H,2-3,17-19H2,1H3,(H,33,36). The molecule has 3 aromatic carbocycles. The number of halogens is 3. The molecule has 0 saturated carbocycles. The maximum absolute atomic E-state index is 13.0. The molecule has 1 aromatic heterocycles. The van der Waals surface area contributed by atoms with Crippen molar-refractivity contribution >= 4 is 17.7 Å². The van der Waals surface area contributed by atoms with E-state index in [1.165, 1.54) is 23.9 Å². The van der Waals surface area contributed by atoms with E-state index in [0.717, 1.165) is 59.2 Å². The van der Waals surface area contributed by atoms with Crippen molar-refractivity contribution in [1.82, 2.24) is 14.9 Å². The number of thioether (sulfide) groups is 1. The molecule has 0 unspecified atom stereocenters. The molecule has 192 valence electrons. The summed E-state index contributed by atoms with van der Waals surface area (Å²) < 4.78 is 41.2. The number of imidazole rings is 1. The predicted octanol–water partition coefficient (Wildman–Crippen LogP) is 7.56. The SMILES string of the molecule is CCCCn1c(SCCNC(=O)c2cccc(C(F)(F)F)c2)nc(-c2ccccc2)c1-c1ccccc1. The summed E-state index contributed by atoms with van der Waals surface area (Å²) in [4.78, 5) is 17.5. The molecule has 0 fully saturated rings. The first kappa shape index (κ1) is 26.5. The van der Waals surface area contributed by atoms with Gasteiger partial charge in [0.25, 0.3) is 5.91 Å². The molecule has 1 amide bonds. The summed E-state index contributed by atoms with van der Waals surface area (Å²) in [6.07, 6.45) is -2.47. The number of alkyl halides is 3. The molecule has 1 N–H and O–H groups in total. The number of hydrogen-bond donors (Lipinski definition) is 1. The normalized spacial score (nSPS) is 11.5. The van der Waals surface area contributed by atoms with E-state index in [0.29, 0.717) is 12.3 Å². The van der Waals surface area contributed by atoms with E-state index in [9.17, 15) is 18.0 Å². The van der Waals surface area contributed by atoms with Gasteiger partial charge in [-0.3, -0.25) is 4.79 Å². The number of nitrogens with one attached hydrogen (secondary N) is 1. The van der Waals surface area contributed by atoms with Crippen molar-refractivity contribution in [3.05, 3.63) is 96.1 Å². The van der Waals surface area contributed by atoms with Crippen LogP contribution in [0, 0.1) is 0 Å². The highest BCUT2D eigenvalue weighted by molar-refractivity contribution is 7.99. The number of aromatic nitrogens is 2. The van der Waals surface area contributed by atoms with Crippen molar-refractivity contribution in [3.8, 4) is 22.5 Å². The summed E-state index contributed by atoms with van der Waals surface area (Å²) in [5.74, 6) is -0.00740. The summed E-state index contributed by atoms with van der Waals surface area (Å²) in [6.45, 7) is 3.24. The Balaban J connectivity index is 1.54. The molecule has 0 spiro atoms. The second kappa shape index (κ2) is 12.1. The second-order valence-electron chi connectivity index (χ2n) is 8.51. The molecule has 4 aromatic rings. The van der Waals surface area contributed by atoms with Crippen molar-refractivity contribution in [1.29, 1.82) is 0 Å². The van der Waals surface area contributed by atoms with E-state index in [2.05, 4.69) is 28.9 Å². The van der Waals surface area contributed by atoms with Gasteiger partial charge in [0.2, 0.25) is 0 Å². The molecular formula is C29H28F3N3OS. The van der Waals surface area contributed by atoms with Crippen LogP contribution in [0.15, 0.2) is 90.1 Å². The van der Waals surface area contributed by atoms with E-state index in [4.69, 9.17) is 4.98 Å². The van der Waals surface area contributed by atoms with Crippen LogP contribution in [0.5, 0.6) is 0 Å². The van der Waals surface area contributed by atoms with Gasteiger partial charge >= 0.3 is 6.18 Å². The van der Waals surface area contributed by atoms with Crippen LogP contribution in [0.1, 0.15) is 35.7 Å². The number of benzene rings is 3. The molecule has 0 aliphatic carbocycles. The molecule has 0 radical (unpaired) electrons. The fraction of sp³-hybridized carbons (Fsp3) is 0.241. The molecule has 8 heteroatoms. The van der Waals surface area contributed by atoms with Crippen molar-refractivity contribution in [2.75, 3.05) is 12.3 Å². The van der Waals surface area contributed by atoms with E-state index in [1.54, 1.807) is 0 Å². The number of unbranched alkanes of at least 4 members (excludes halogenated alkanes) is 1. The molecule has 4 nitrogen and oxygen atoms in total. The van der Waals surface area contributed by atoms with Crippen LogP contribution >= 0.6 is 11.8 Å². The Kier molecular flexibility index (Phi) is 8.71. The van der Waals surface area contributed by atoms with Gasteiger partial charge in [0.05, 0.1) is 17.0 Å². The molecule has 37 heavy (non-hydrogen) atoms. The Labute approximate surface area is 218 Å². The predicted molar refractivity (Wildman–Crippen MR) is 143 cm³/mol. The molecule has 0 aliphatic heterocycles. The quantitative estimate of drug-likeness (QED) is 0.172. The summed E-state index contributed by atoms with van der Waals surface area (Å²) >= 11 is 1.52. The van der Waals surface area contributed by atoms with Crippen LogP contribution in [0.25, 0.3) is 22.5 Å². The Bertz CT molecular complexity index is 1320. The zero-order valence-electron chi connectivity index (χ0n) is 20.5. The number of rotatable bonds is 10. The summed E-state index contributed by atoms with van der Waals surface area (Å²) in [7, 11) is 0. The maximum atomic E-state index is 13.0. The smallest absolute Gasteiger partial charge is 0.351 e. The summed E-state index contributed by atoms with van der Waals surface area (Å²) in [5.41, 5.74) is 3.21. The lowest BCUT2D eigenvalue weighted by Gasteiger charge is -2.13. The number of hydrogen-bond acceptors (Lipinski definition) is 3. The highest BCUT2D eigenvalue weighted by Gasteiger charge is 2.30. The van der Waals surface area contributed by atoms with Crippen molar-refractivity contribution < 1.29 is 18.0 Å². The van der Waals surface area contributed by atoms with Crippen LogP contribution in [-0.4, -0.2) is 27.8 Å². The zero-order chi connectivity index (χ0) is 26.3. The lowest BCUT2D eigenvalue weighted by atomic mass is 10.0. The lowest BCUT2D eigenvalue weighted by Crippen LogP contribution is -2.26. The first-order chi connectivity index (χ1) is 17.9. The van der Waals surface area contributed by atoms with Gasteiger partial charge in [0, 0.05) is 35.5 Å². The zero-order valence-corrected chi connectivity index (χ0v) is 21.3. The summed E-state index contributed by atoms with van der Waals surface area (Å²) in [5, 5.41) is 3.58. The van der Waals surface area contributed by atoms with Crippen LogP contribution in [0.4, 0.5) is 13.2 Å². The lowest BCUT2D eigenvalue weighted by molar-refractivity contribution is -0.137. The largest absolute Gasteiger partial charge is 0.416 e. The fourth-order valence-corrected chi connectivity index (χ4v) is 4.88. The second-order valence-corrected chi connectivity index (χ2v) is 9.57. The molecular weight excluding hydrogens is 495 g/mol. The minimum atomic E-state index is -4.49. The minimum Gasteiger partial charge on any atom is -0.351 e. The van der Waals surface area contributed by atoms with Crippen LogP contribution in [-0.2, 0) is 12.7 Å². The topological polar surface area (TPSA) is 46.9 Å². The third-order valence-electron chi connectivity index (χ3n) is 5.83. The summed E-state index contributed by atoms with van der Waals surface area (Å²) in [6, 6.07) is 24.7. The van der Waals surface area contributed by atoms with Crippen molar-refractivity contribution in [3.63, 3.8) is 0 Å². The van der Waals surface area contributed by atoms with Gasteiger partial charge in [-0.15, -0.1) is 0 Å². The average Bonchev–Trinajstić information content (AvgIpc) is 3.28. The van der Waals surface area contributed by atoms with E-state index < -0.39 is 17.6 Å². The van der Waals surface area contributed by atoms with Crippen molar-refractivity contribution in [2.24, 2.45) is 0 Å². The Morgan fingerprint density at radius 1 is 0.946 bits per heavy atom. The highest BCUT2D eigenvalue weighted by Crippen LogP contribution is 2.36. The molecule has 0 bridgehead atoms. The molecule has 0 saturated heterocycles. The number of amides is 1. The Morgan fingerprint density at radius 2 is 1.62 bits per heavy atom. The number of carbonyl (C=O) groups excluding carboxylic acids is 1. The fourth-order valence-electron chi connectivity index (χ4n) is 4.00. The van der Waals surface area contributed by atoms with E-state index in [-0.39, 0.29) is 5.56 Å². The monoisotopic (exact) mass is 523 g/mol. The first-order valence-corrected chi connectivity index (χ1v) is 13.2. The van der Waals surface area contributed by atoms with Gasteiger partial charge in [-0.05, 0) is 24.6 Å². The molecule has 0 aliphatic rings. The van der Waals surface area contributed by atoms with Gasteiger partial charge in [-0.25, -0.2) is 4.98 Å². The van der Waals surface area contributed by atoms with Gasteiger partial charge in [-0.2, -0.15) is 13.2 Å². The number of nitrogens with zero attached hydrogens (tertiary/aromatic N) is 2. The van der Waals surface area contributed by atoms with Gasteiger partial charge in [0.1, 0.15) is 0 Å². The first-order valence-electron chi connectivity index (χ1n) is 12.2. The third kappa shape index (κ3) is 6.63. The van der Waals surface area contributed by atoms with Gasteiger partial charge < -0.3 is 9.88 Å².